The number of hydrogen-bond donors (Lipinski definition) is 0. The summed E-state index contributed by atoms with van der Waals surface area (Å²) < 4.78 is 31.9. The van der Waals surface area contributed by atoms with E-state index in [4.69, 9.17) is 14.2 Å². The summed E-state index contributed by atoms with van der Waals surface area (Å²) in [5.41, 5.74) is 1.88. The number of likely N-dealkylation sites (tertiary alicyclic amines) is 1. The van der Waals surface area contributed by atoms with Crippen LogP contribution in [0.25, 0.3) is 0 Å². The highest BCUT2D eigenvalue weighted by Crippen LogP contribution is 2.54. The van der Waals surface area contributed by atoms with Crippen molar-refractivity contribution in [1.29, 1.82) is 0 Å². The van der Waals surface area contributed by atoms with Gasteiger partial charge in [-0.2, -0.15) is 0 Å². The molecule has 0 radical (unpaired) electrons. The van der Waals surface area contributed by atoms with Crippen molar-refractivity contribution >= 4 is 23.5 Å². The number of imide groups is 1. The number of carbonyl (C=O) groups excluding carboxylic acids is 3. The van der Waals surface area contributed by atoms with Gasteiger partial charge in [-0.1, -0.05) is 60.7 Å². The number of ether oxygens (including phenoxy) is 3. The summed E-state index contributed by atoms with van der Waals surface area (Å²) in [5.74, 6) is -4.87. The van der Waals surface area contributed by atoms with E-state index in [1.807, 2.05) is 49.1 Å². The molecule has 0 unspecified atom stereocenters. The zero-order valence-electron chi connectivity index (χ0n) is 23.0. The van der Waals surface area contributed by atoms with Gasteiger partial charge in [0.25, 0.3) is 0 Å². The first kappa shape index (κ1) is 27.3. The standard InChI is InChI=1S/C32H31FN2O6/c1-32(2)40-18-23(28(41-32)20-10-6-4-7-11-20)35-26(19-14-16-21(33)17-15-19)24-25(27(35)31(38)39-3)30(37)34(29(24)36)22-12-8-5-9-13-22/h4-17,23-28H,18H2,1-3H3/t23-,24+,25-,26+,27-,28-/m0/s1. The molecule has 3 heterocycles. The molecule has 8 nitrogen and oxygen atoms in total. The highest BCUT2D eigenvalue weighted by molar-refractivity contribution is 6.23. The molecule has 3 saturated heterocycles. The summed E-state index contributed by atoms with van der Waals surface area (Å²) in [5, 5.41) is 0. The maximum absolute atomic E-state index is 14.2. The molecule has 0 aliphatic carbocycles. The highest BCUT2D eigenvalue weighted by Gasteiger charge is 2.67. The second-order valence-corrected chi connectivity index (χ2v) is 11.0. The molecule has 3 aliphatic heterocycles. The van der Waals surface area contributed by atoms with Crippen LogP contribution in [-0.2, 0) is 28.6 Å². The molecule has 3 aliphatic rings. The number of rotatable bonds is 5. The van der Waals surface area contributed by atoms with Crippen LogP contribution in [0.3, 0.4) is 0 Å². The Hall–Kier alpha value is -3.92. The Morgan fingerprint density at radius 1 is 0.878 bits per heavy atom. The molecule has 2 amide bonds. The Bertz CT molecular complexity index is 1450. The second-order valence-electron chi connectivity index (χ2n) is 11.0. The lowest BCUT2D eigenvalue weighted by molar-refractivity contribution is -0.300. The number of hydrogen-bond acceptors (Lipinski definition) is 7. The average Bonchev–Trinajstić information content (AvgIpc) is 3.45. The van der Waals surface area contributed by atoms with E-state index in [2.05, 4.69) is 0 Å². The van der Waals surface area contributed by atoms with Crippen LogP contribution in [-0.4, -0.2) is 54.3 Å². The molecule has 0 spiro atoms. The van der Waals surface area contributed by atoms with Gasteiger partial charge in [-0.25, -0.2) is 9.29 Å². The van der Waals surface area contributed by atoms with Crippen molar-refractivity contribution in [2.45, 2.75) is 43.9 Å². The number of methoxy groups -OCH3 is 1. The lowest BCUT2D eigenvalue weighted by Gasteiger charge is -2.48. The maximum Gasteiger partial charge on any atom is 0.323 e. The van der Waals surface area contributed by atoms with Gasteiger partial charge >= 0.3 is 5.97 Å². The van der Waals surface area contributed by atoms with Gasteiger partial charge in [-0.15, -0.1) is 0 Å². The molecule has 9 heteroatoms. The van der Waals surface area contributed by atoms with Gasteiger partial charge in [0.1, 0.15) is 18.0 Å². The monoisotopic (exact) mass is 558 g/mol. The molecule has 0 bridgehead atoms. The van der Waals surface area contributed by atoms with E-state index >= 15 is 0 Å². The number of anilines is 1. The molecule has 3 fully saturated rings. The number of amides is 2. The number of benzene rings is 3. The first-order chi connectivity index (χ1) is 19.7. The quantitative estimate of drug-likeness (QED) is 0.339. The van der Waals surface area contributed by atoms with Crippen LogP contribution in [0.4, 0.5) is 10.1 Å². The third-order valence-electron chi connectivity index (χ3n) is 8.26. The van der Waals surface area contributed by atoms with E-state index in [1.165, 1.54) is 19.2 Å². The lowest BCUT2D eigenvalue weighted by atomic mass is 9.86. The van der Waals surface area contributed by atoms with Crippen LogP contribution in [0.15, 0.2) is 84.9 Å². The highest BCUT2D eigenvalue weighted by atomic mass is 19.1. The molecule has 6 atom stereocenters. The average molecular weight is 559 g/mol. The van der Waals surface area contributed by atoms with Crippen LogP contribution in [0.2, 0.25) is 0 Å². The van der Waals surface area contributed by atoms with Crippen LogP contribution in [0.1, 0.15) is 37.1 Å². The zero-order valence-corrected chi connectivity index (χ0v) is 23.0. The third kappa shape index (κ3) is 4.64. The minimum Gasteiger partial charge on any atom is -0.468 e. The minimum absolute atomic E-state index is 0.155. The summed E-state index contributed by atoms with van der Waals surface area (Å²) in [7, 11) is 1.27. The van der Waals surface area contributed by atoms with E-state index in [0.29, 0.717) is 11.3 Å². The van der Waals surface area contributed by atoms with Crippen molar-refractivity contribution in [2.24, 2.45) is 11.8 Å². The third-order valence-corrected chi connectivity index (χ3v) is 8.26. The number of esters is 1. The first-order valence-corrected chi connectivity index (χ1v) is 13.6. The topological polar surface area (TPSA) is 85.4 Å². The van der Waals surface area contributed by atoms with Crippen molar-refractivity contribution in [2.75, 3.05) is 18.6 Å². The Labute approximate surface area is 237 Å². The largest absolute Gasteiger partial charge is 0.468 e. The normalized spacial score (nSPS) is 29.4. The fourth-order valence-electron chi connectivity index (χ4n) is 6.56. The Morgan fingerprint density at radius 2 is 1.49 bits per heavy atom. The molecule has 3 aromatic carbocycles. The predicted octanol–water partition coefficient (Wildman–Crippen LogP) is 4.42. The van der Waals surface area contributed by atoms with Gasteiger partial charge in [0.05, 0.1) is 37.3 Å². The van der Waals surface area contributed by atoms with Gasteiger partial charge in [-0.3, -0.25) is 19.3 Å². The minimum atomic E-state index is -1.12. The fraction of sp³-hybridized carbons (Fsp3) is 0.344. The predicted molar refractivity (Wildman–Crippen MR) is 147 cm³/mol. The lowest BCUT2D eigenvalue weighted by Crippen LogP contribution is -2.57. The molecule has 3 aromatic rings. The molecule has 0 aromatic heterocycles. The van der Waals surface area contributed by atoms with Gasteiger partial charge in [0.15, 0.2) is 5.79 Å². The molecule has 0 N–H and O–H groups in total. The van der Waals surface area contributed by atoms with Crippen LogP contribution in [0.5, 0.6) is 0 Å². The Morgan fingerprint density at radius 3 is 2.12 bits per heavy atom. The molecule has 212 valence electrons. The van der Waals surface area contributed by atoms with E-state index in [-0.39, 0.29) is 6.61 Å². The van der Waals surface area contributed by atoms with Crippen LogP contribution < -0.4 is 4.90 Å². The van der Waals surface area contributed by atoms with E-state index in [0.717, 1.165) is 10.5 Å². The van der Waals surface area contributed by atoms with Crippen molar-refractivity contribution < 1.29 is 33.0 Å². The molecular formula is C32H31FN2O6. The van der Waals surface area contributed by atoms with Crippen LogP contribution in [0, 0.1) is 17.7 Å². The van der Waals surface area contributed by atoms with Crippen LogP contribution >= 0.6 is 0 Å². The number of carbonyl (C=O) groups is 3. The van der Waals surface area contributed by atoms with Crippen molar-refractivity contribution in [3.05, 3.63) is 102 Å². The number of halogens is 1. The molecule has 6 rings (SSSR count). The maximum atomic E-state index is 14.2. The summed E-state index contributed by atoms with van der Waals surface area (Å²) in [6, 6.07) is 21.6. The smallest absolute Gasteiger partial charge is 0.323 e. The SMILES string of the molecule is COC(=O)[C@@H]1[C@H]2C(=O)N(c3ccccc3)C(=O)[C@H]2[C@@H](c2ccc(F)cc2)N1[C@H]1COC(C)(C)O[C@H]1c1ccccc1. The summed E-state index contributed by atoms with van der Waals surface area (Å²) in [6.07, 6.45) is -0.565. The molecule has 0 saturated carbocycles. The molecular weight excluding hydrogens is 527 g/mol. The van der Waals surface area contributed by atoms with E-state index < -0.39 is 65.5 Å². The zero-order chi connectivity index (χ0) is 28.9. The van der Waals surface area contributed by atoms with Gasteiger partial charge in [0, 0.05) is 6.04 Å². The second kappa shape index (κ2) is 10.5. The number of nitrogens with zero attached hydrogens (tertiary/aromatic N) is 2. The van der Waals surface area contributed by atoms with Crippen molar-refractivity contribution in [1.82, 2.24) is 4.90 Å². The fourth-order valence-corrected chi connectivity index (χ4v) is 6.56. The summed E-state index contributed by atoms with van der Waals surface area (Å²) >= 11 is 0. The van der Waals surface area contributed by atoms with E-state index in [1.54, 1.807) is 42.5 Å². The van der Waals surface area contributed by atoms with Gasteiger partial charge in [-0.05, 0) is 49.2 Å². The summed E-state index contributed by atoms with van der Waals surface area (Å²) in [4.78, 5) is 44.9. The molecule has 41 heavy (non-hydrogen) atoms. The number of para-hydroxylation sites is 1. The van der Waals surface area contributed by atoms with E-state index in [9.17, 15) is 18.8 Å². The first-order valence-electron chi connectivity index (χ1n) is 13.6. The van der Waals surface area contributed by atoms with Crippen molar-refractivity contribution in [3.8, 4) is 0 Å². The Kier molecular flexibility index (Phi) is 6.97. The van der Waals surface area contributed by atoms with Crippen molar-refractivity contribution in [3.63, 3.8) is 0 Å². The number of fused-ring (bicyclic) bond motifs is 1. The van der Waals surface area contributed by atoms with Gasteiger partial charge < -0.3 is 14.2 Å². The Balaban J connectivity index is 1.52. The van der Waals surface area contributed by atoms with Gasteiger partial charge in [0.2, 0.25) is 11.8 Å². The summed E-state index contributed by atoms with van der Waals surface area (Å²) in [6.45, 7) is 3.79.